The molecule has 172 valence electrons. The average Bonchev–Trinajstić information content (AvgIpc) is 3.13. The van der Waals surface area contributed by atoms with Gasteiger partial charge in [0.2, 0.25) is 0 Å². The largest absolute Gasteiger partial charge is 0.416 e. The van der Waals surface area contributed by atoms with Crippen molar-refractivity contribution in [3.8, 4) is 16.9 Å². The van der Waals surface area contributed by atoms with Crippen molar-refractivity contribution < 1.29 is 26.3 Å². The summed E-state index contributed by atoms with van der Waals surface area (Å²) in [4.78, 5) is 0. The number of nitrogens with zero attached hydrogens (tertiary/aromatic N) is 4. The Kier molecular flexibility index (Phi) is 4.85. The summed E-state index contributed by atoms with van der Waals surface area (Å²) in [6.45, 7) is 1.63. The van der Waals surface area contributed by atoms with Gasteiger partial charge in [-0.05, 0) is 31.2 Å². The van der Waals surface area contributed by atoms with E-state index in [1.165, 1.54) is 0 Å². The van der Waals surface area contributed by atoms with E-state index in [9.17, 15) is 26.3 Å². The number of fused-ring (bicyclic) bond motifs is 2. The molecule has 0 bridgehead atoms. The summed E-state index contributed by atoms with van der Waals surface area (Å²) in [6, 6.07) is 13.9. The Morgan fingerprint density at radius 2 is 1.44 bits per heavy atom. The standard InChI is InChI=1S/C24H14F6N4/c1-13-19-7-6-14(22-20-5-3-2-4-15(20)12-31-32-22)8-21(19)34(33-13)18-10-16(23(25,26)27)9-17(11-18)24(28,29)30/h2-12H,1H3. The molecule has 34 heavy (non-hydrogen) atoms. The minimum atomic E-state index is -4.96. The van der Waals surface area contributed by atoms with E-state index in [2.05, 4.69) is 15.3 Å². The molecule has 10 heteroatoms. The minimum Gasteiger partial charge on any atom is -0.233 e. The van der Waals surface area contributed by atoms with Crippen LogP contribution in [0.1, 0.15) is 16.8 Å². The number of aryl methyl sites for hydroxylation is 1. The van der Waals surface area contributed by atoms with Gasteiger partial charge in [-0.1, -0.05) is 36.4 Å². The van der Waals surface area contributed by atoms with E-state index in [1.54, 1.807) is 31.3 Å². The van der Waals surface area contributed by atoms with E-state index < -0.39 is 23.5 Å². The van der Waals surface area contributed by atoms with Gasteiger partial charge in [-0.25, -0.2) is 4.68 Å². The molecule has 0 N–H and O–H groups in total. The molecule has 0 saturated carbocycles. The van der Waals surface area contributed by atoms with Crippen molar-refractivity contribution in [1.29, 1.82) is 0 Å². The van der Waals surface area contributed by atoms with Crippen LogP contribution >= 0.6 is 0 Å². The predicted octanol–water partition coefficient (Wildman–Crippen LogP) is 6.98. The first-order valence-corrected chi connectivity index (χ1v) is 10.0. The van der Waals surface area contributed by atoms with Gasteiger partial charge in [0.1, 0.15) is 5.69 Å². The zero-order chi connectivity index (χ0) is 24.3. The Labute approximate surface area is 188 Å². The molecule has 4 nitrogen and oxygen atoms in total. The topological polar surface area (TPSA) is 43.6 Å². The fourth-order valence-corrected chi connectivity index (χ4v) is 3.92. The van der Waals surface area contributed by atoms with Gasteiger partial charge in [-0.2, -0.15) is 36.5 Å². The van der Waals surface area contributed by atoms with Crippen molar-refractivity contribution in [1.82, 2.24) is 20.0 Å². The van der Waals surface area contributed by atoms with E-state index in [-0.39, 0.29) is 11.8 Å². The highest BCUT2D eigenvalue weighted by molar-refractivity contribution is 5.96. The second kappa shape index (κ2) is 7.54. The number of alkyl halides is 6. The lowest BCUT2D eigenvalue weighted by molar-refractivity contribution is -0.143. The number of aromatic nitrogens is 4. The van der Waals surface area contributed by atoms with Crippen LogP contribution in [0.4, 0.5) is 26.3 Å². The fraction of sp³-hybridized carbons (Fsp3) is 0.125. The molecule has 5 rings (SSSR count). The highest BCUT2D eigenvalue weighted by Gasteiger charge is 2.37. The molecule has 0 atom stereocenters. The molecule has 0 aliphatic rings. The van der Waals surface area contributed by atoms with Crippen molar-refractivity contribution in [2.45, 2.75) is 19.3 Å². The first-order chi connectivity index (χ1) is 16.0. The number of halogens is 6. The second-order valence-corrected chi connectivity index (χ2v) is 7.77. The van der Waals surface area contributed by atoms with Gasteiger partial charge in [0.15, 0.2) is 0 Å². The van der Waals surface area contributed by atoms with Gasteiger partial charge in [-0.15, -0.1) is 5.10 Å². The Balaban J connectivity index is 1.76. The monoisotopic (exact) mass is 472 g/mol. The van der Waals surface area contributed by atoms with Crippen molar-refractivity contribution >= 4 is 21.7 Å². The van der Waals surface area contributed by atoms with Crippen LogP contribution in [-0.2, 0) is 12.4 Å². The van der Waals surface area contributed by atoms with E-state index in [0.29, 0.717) is 40.0 Å². The lowest BCUT2D eigenvalue weighted by Crippen LogP contribution is -2.12. The van der Waals surface area contributed by atoms with E-state index in [1.807, 2.05) is 24.3 Å². The first-order valence-electron chi connectivity index (χ1n) is 10.0. The lowest BCUT2D eigenvalue weighted by atomic mass is 10.0. The Morgan fingerprint density at radius 1 is 0.765 bits per heavy atom. The molecule has 5 aromatic rings. The SMILES string of the molecule is Cc1nn(-c2cc(C(F)(F)F)cc(C(F)(F)F)c2)c2cc(-c3nncc4ccccc34)ccc12. The first kappa shape index (κ1) is 21.9. The molecule has 0 aliphatic carbocycles. The van der Waals surface area contributed by atoms with Crippen LogP contribution in [0.25, 0.3) is 38.6 Å². The third-order valence-electron chi connectivity index (χ3n) is 5.53. The zero-order valence-corrected chi connectivity index (χ0v) is 17.4. The highest BCUT2D eigenvalue weighted by atomic mass is 19.4. The zero-order valence-electron chi connectivity index (χ0n) is 17.4. The number of hydrogen-bond donors (Lipinski definition) is 0. The van der Waals surface area contributed by atoms with Crippen LogP contribution in [0.15, 0.2) is 66.9 Å². The van der Waals surface area contributed by atoms with Crippen LogP contribution in [0.5, 0.6) is 0 Å². The number of hydrogen-bond acceptors (Lipinski definition) is 3. The van der Waals surface area contributed by atoms with Crippen molar-refractivity contribution in [3.63, 3.8) is 0 Å². The van der Waals surface area contributed by atoms with Crippen LogP contribution in [0, 0.1) is 6.92 Å². The summed E-state index contributed by atoms with van der Waals surface area (Å²) in [5.74, 6) is 0. The summed E-state index contributed by atoms with van der Waals surface area (Å²) < 4.78 is 81.4. The molecular formula is C24H14F6N4. The van der Waals surface area contributed by atoms with Crippen molar-refractivity contribution in [2.24, 2.45) is 0 Å². The maximum Gasteiger partial charge on any atom is 0.416 e. The molecule has 3 aromatic carbocycles. The lowest BCUT2D eigenvalue weighted by Gasteiger charge is -2.15. The van der Waals surface area contributed by atoms with Crippen LogP contribution in [0.3, 0.4) is 0 Å². The third kappa shape index (κ3) is 3.74. The summed E-state index contributed by atoms with van der Waals surface area (Å²) in [7, 11) is 0. The van der Waals surface area contributed by atoms with Gasteiger partial charge in [0.25, 0.3) is 0 Å². The maximum absolute atomic E-state index is 13.4. The Hall–Kier alpha value is -3.95. The van der Waals surface area contributed by atoms with E-state index >= 15 is 0 Å². The van der Waals surface area contributed by atoms with Gasteiger partial charge in [0.05, 0.1) is 34.2 Å². The smallest absolute Gasteiger partial charge is 0.233 e. The van der Waals surface area contributed by atoms with Crippen LogP contribution in [0.2, 0.25) is 0 Å². The number of benzene rings is 3. The maximum atomic E-state index is 13.4. The van der Waals surface area contributed by atoms with Crippen LogP contribution < -0.4 is 0 Å². The minimum absolute atomic E-state index is 0.0964. The molecule has 0 aliphatic heterocycles. The van der Waals surface area contributed by atoms with Gasteiger partial charge >= 0.3 is 12.4 Å². The molecule has 0 amide bonds. The molecule has 0 fully saturated rings. The molecule has 2 aromatic heterocycles. The second-order valence-electron chi connectivity index (χ2n) is 7.77. The van der Waals surface area contributed by atoms with Crippen molar-refractivity contribution in [3.05, 3.63) is 83.7 Å². The fourth-order valence-electron chi connectivity index (χ4n) is 3.92. The van der Waals surface area contributed by atoms with Gasteiger partial charge in [-0.3, -0.25) is 0 Å². The summed E-state index contributed by atoms with van der Waals surface area (Å²) in [6.07, 6.45) is -8.32. The molecular weight excluding hydrogens is 458 g/mol. The molecule has 0 unspecified atom stereocenters. The molecule has 0 radical (unpaired) electrons. The highest BCUT2D eigenvalue weighted by Crippen LogP contribution is 2.38. The van der Waals surface area contributed by atoms with E-state index in [4.69, 9.17) is 0 Å². The summed E-state index contributed by atoms with van der Waals surface area (Å²) >= 11 is 0. The Bertz CT molecular complexity index is 1510. The summed E-state index contributed by atoms with van der Waals surface area (Å²) in [5, 5.41) is 14.7. The third-order valence-corrected chi connectivity index (χ3v) is 5.53. The van der Waals surface area contributed by atoms with E-state index in [0.717, 1.165) is 15.5 Å². The van der Waals surface area contributed by atoms with Crippen molar-refractivity contribution in [2.75, 3.05) is 0 Å². The molecule has 0 saturated heterocycles. The Morgan fingerprint density at radius 3 is 2.12 bits per heavy atom. The number of rotatable bonds is 2. The normalized spacial score (nSPS) is 12.6. The quantitative estimate of drug-likeness (QED) is 0.260. The average molecular weight is 472 g/mol. The molecule has 2 heterocycles. The van der Waals surface area contributed by atoms with Gasteiger partial charge < -0.3 is 0 Å². The van der Waals surface area contributed by atoms with Gasteiger partial charge in [0, 0.05) is 21.7 Å². The summed E-state index contributed by atoms with van der Waals surface area (Å²) in [5.41, 5.74) is -1.23. The predicted molar refractivity (Wildman–Crippen MR) is 114 cm³/mol. The van der Waals surface area contributed by atoms with Crippen LogP contribution in [-0.4, -0.2) is 20.0 Å². The molecule has 0 spiro atoms.